The van der Waals surface area contributed by atoms with Gasteiger partial charge in [-0.3, -0.25) is 4.79 Å². The Hall–Kier alpha value is -2.70. The van der Waals surface area contributed by atoms with Crippen LogP contribution < -0.4 is 5.56 Å². The van der Waals surface area contributed by atoms with E-state index in [1.165, 1.54) is 7.05 Å². The van der Waals surface area contributed by atoms with Crippen LogP contribution in [0.15, 0.2) is 29.1 Å². The molecule has 1 aromatic carbocycles. The van der Waals surface area contributed by atoms with E-state index < -0.39 is 18.5 Å². The smallest absolute Gasteiger partial charge is 0.360 e. The predicted octanol–water partition coefficient (Wildman–Crippen LogP) is 3.09. The Kier molecular flexibility index (Phi) is 6.35. The van der Waals surface area contributed by atoms with Gasteiger partial charge >= 0.3 is 11.9 Å². The summed E-state index contributed by atoms with van der Waals surface area (Å²) in [5.41, 5.74) is -0.301. The van der Waals surface area contributed by atoms with E-state index in [0.717, 1.165) is 23.9 Å². The Morgan fingerprint density at radius 1 is 1.21 bits per heavy atom. The summed E-state index contributed by atoms with van der Waals surface area (Å²) >= 11 is 0. The van der Waals surface area contributed by atoms with Gasteiger partial charge in [0.15, 0.2) is 12.3 Å². The van der Waals surface area contributed by atoms with Gasteiger partial charge in [-0.1, -0.05) is 45.4 Å². The maximum absolute atomic E-state index is 12.5. The SMILES string of the molecule is CC1CCC(C(C)C)C(OC(=O)COC(=O)c2nn(C)c(=O)c3ccccc23)C1. The minimum Gasteiger partial charge on any atom is -0.460 e. The highest BCUT2D eigenvalue weighted by Crippen LogP contribution is 2.35. The molecule has 1 aliphatic rings. The molecule has 0 N–H and O–H groups in total. The molecule has 3 atom stereocenters. The molecular weight excluding hydrogens is 372 g/mol. The van der Waals surface area contributed by atoms with Gasteiger partial charge in [0.2, 0.25) is 0 Å². The molecule has 1 heterocycles. The van der Waals surface area contributed by atoms with Gasteiger partial charge in [-0.2, -0.15) is 5.10 Å². The van der Waals surface area contributed by atoms with Crippen LogP contribution in [0.25, 0.3) is 10.8 Å². The molecule has 0 aliphatic heterocycles. The number of fused-ring (bicyclic) bond motifs is 1. The van der Waals surface area contributed by atoms with Gasteiger partial charge in [0.05, 0.1) is 5.39 Å². The fraction of sp³-hybridized carbons (Fsp3) is 0.545. The third-order valence-corrected chi connectivity index (χ3v) is 5.72. The molecule has 0 radical (unpaired) electrons. The van der Waals surface area contributed by atoms with Crippen molar-refractivity contribution in [3.05, 3.63) is 40.3 Å². The van der Waals surface area contributed by atoms with Crippen LogP contribution in [-0.4, -0.2) is 34.4 Å². The molecule has 1 aromatic heterocycles. The van der Waals surface area contributed by atoms with Gasteiger partial charge in [0.25, 0.3) is 5.56 Å². The van der Waals surface area contributed by atoms with Crippen molar-refractivity contribution in [1.82, 2.24) is 9.78 Å². The number of hydrogen-bond donors (Lipinski definition) is 0. The summed E-state index contributed by atoms with van der Waals surface area (Å²) in [7, 11) is 1.47. The van der Waals surface area contributed by atoms with Gasteiger partial charge < -0.3 is 9.47 Å². The fourth-order valence-corrected chi connectivity index (χ4v) is 4.10. The number of aryl methyl sites for hydroxylation is 1. The van der Waals surface area contributed by atoms with E-state index in [0.29, 0.717) is 28.5 Å². The van der Waals surface area contributed by atoms with Gasteiger partial charge in [0.1, 0.15) is 6.10 Å². The minimum absolute atomic E-state index is 0.00171. The predicted molar refractivity (Wildman–Crippen MR) is 108 cm³/mol. The fourth-order valence-electron chi connectivity index (χ4n) is 4.10. The number of ether oxygens (including phenoxy) is 2. The lowest BCUT2D eigenvalue weighted by Crippen LogP contribution is -2.37. The number of carbonyl (C=O) groups is 2. The monoisotopic (exact) mass is 400 g/mol. The molecule has 0 bridgehead atoms. The van der Waals surface area contributed by atoms with E-state index in [4.69, 9.17) is 9.47 Å². The summed E-state index contributed by atoms with van der Waals surface area (Å²) in [6.07, 6.45) is 2.85. The summed E-state index contributed by atoms with van der Waals surface area (Å²) in [4.78, 5) is 37.0. The normalized spacial score (nSPS) is 21.9. The van der Waals surface area contributed by atoms with Crippen molar-refractivity contribution in [2.75, 3.05) is 6.61 Å². The average Bonchev–Trinajstić information content (AvgIpc) is 2.68. The largest absolute Gasteiger partial charge is 0.460 e. The summed E-state index contributed by atoms with van der Waals surface area (Å²) in [5, 5.41) is 4.79. The van der Waals surface area contributed by atoms with E-state index in [1.54, 1.807) is 24.3 Å². The molecule has 29 heavy (non-hydrogen) atoms. The summed E-state index contributed by atoms with van der Waals surface area (Å²) in [6, 6.07) is 6.69. The van der Waals surface area contributed by atoms with Crippen LogP contribution in [-0.2, 0) is 21.3 Å². The number of rotatable bonds is 5. The minimum atomic E-state index is -0.758. The molecule has 3 rings (SSSR count). The molecule has 3 unspecified atom stereocenters. The van der Waals surface area contributed by atoms with Crippen LogP contribution in [0.1, 0.15) is 50.5 Å². The molecule has 0 saturated heterocycles. The van der Waals surface area contributed by atoms with Crippen molar-refractivity contribution in [2.24, 2.45) is 24.8 Å². The zero-order chi connectivity index (χ0) is 21.1. The second-order valence-corrected chi connectivity index (χ2v) is 8.25. The van der Waals surface area contributed by atoms with Crippen molar-refractivity contribution in [2.45, 2.75) is 46.1 Å². The molecule has 156 valence electrons. The standard InChI is InChI=1S/C22H28N2O5/c1-13(2)15-10-9-14(3)11-18(15)29-19(25)12-28-22(27)20-16-7-5-6-8-17(16)21(26)24(4)23-20/h5-8,13-15,18H,9-12H2,1-4H3. The number of carbonyl (C=O) groups excluding carboxylic acids is 2. The summed E-state index contributed by atoms with van der Waals surface area (Å²) in [6.45, 7) is 5.96. The molecule has 2 aromatic rings. The highest BCUT2D eigenvalue weighted by molar-refractivity contribution is 6.02. The van der Waals surface area contributed by atoms with Crippen LogP contribution in [0.2, 0.25) is 0 Å². The quantitative estimate of drug-likeness (QED) is 0.717. The maximum atomic E-state index is 12.5. The topological polar surface area (TPSA) is 87.5 Å². The molecule has 1 saturated carbocycles. The van der Waals surface area contributed by atoms with Crippen LogP contribution in [0.3, 0.4) is 0 Å². The van der Waals surface area contributed by atoms with Crippen molar-refractivity contribution in [1.29, 1.82) is 0 Å². The first-order valence-corrected chi connectivity index (χ1v) is 10.1. The molecule has 1 fully saturated rings. The Labute approximate surface area is 170 Å². The Morgan fingerprint density at radius 2 is 1.90 bits per heavy atom. The van der Waals surface area contributed by atoms with E-state index in [-0.39, 0.29) is 17.4 Å². The average molecular weight is 400 g/mol. The highest BCUT2D eigenvalue weighted by Gasteiger charge is 2.33. The van der Waals surface area contributed by atoms with Crippen LogP contribution in [0.4, 0.5) is 0 Å². The van der Waals surface area contributed by atoms with Gasteiger partial charge in [-0.05, 0) is 36.7 Å². The molecule has 1 aliphatic carbocycles. The third kappa shape index (κ3) is 4.66. The lowest BCUT2D eigenvalue weighted by molar-refractivity contribution is -0.159. The maximum Gasteiger partial charge on any atom is 0.360 e. The van der Waals surface area contributed by atoms with Crippen molar-refractivity contribution >= 4 is 22.7 Å². The van der Waals surface area contributed by atoms with Crippen molar-refractivity contribution in [3.8, 4) is 0 Å². The first-order valence-electron chi connectivity index (χ1n) is 10.1. The number of aromatic nitrogens is 2. The number of hydrogen-bond acceptors (Lipinski definition) is 6. The Morgan fingerprint density at radius 3 is 2.59 bits per heavy atom. The number of esters is 2. The van der Waals surface area contributed by atoms with Crippen molar-refractivity contribution in [3.63, 3.8) is 0 Å². The Bertz CT molecular complexity index is 965. The first-order chi connectivity index (χ1) is 13.8. The lowest BCUT2D eigenvalue weighted by atomic mass is 9.75. The number of benzene rings is 1. The molecular formula is C22H28N2O5. The van der Waals surface area contributed by atoms with Crippen LogP contribution >= 0.6 is 0 Å². The van der Waals surface area contributed by atoms with E-state index >= 15 is 0 Å². The Balaban J connectivity index is 1.68. The second kappa shape index (κ2) is 8.76. The third-order valence-electron chi connectivity index (χ3n) is 5.72. The first kappa shape index (κ1) is 21.0. The molecule has 7 heteroatoms. The molecule has 0 amide bonds. The summed E-state index contributed by atoms with van der Waals surface area (Å²) < 4.78 is 11.9. The zero-order valence-electron chi connectivity index (χ0n) is 17.4. The van der Waals surface area contributed by atoms with Crippen molar-refractivity contribution < 1.29 is 19.1 Å². The lowest BCUT2D eigenvalue weighted by Gasteiger charge is -2.36. The number of nitrogens with zero attached hydrogens (tertiary/aromatic N) is 2. The molecule has 7 nitrogen and oxygen atoms in total. The zero-order valence-corrected chi connectivity index (χ0v) is 17.4. The van der Waals surface area contributed by atoms with E-state index in [1.807, 2.05) is 0 Å². The second-order valence-electron chi connectivity index (χ2n) is 8.25. The van der Waals surface area contributed by atoms with Crippen LogP contribution in [0, 0.1) is 17.8 Å². The van der Waals surface area contributed by atoms with Gasteiger partial charge in [-0.15, -0.1) is 0 Å². The highest BCUT2D eigenvalue weighted by atomic mass is 16.6. The van der Waals surface area contributed by atoms with E-state index in [2.05, 4.69) is 25.9 Å². The van der Waals surface area contributed by atoms with Gasteiger partial charge in [0, 0.05) is 12.4 Å². The summed E-state index contributed by atoms with van der Waals surface area (Å²) in [5.74, 6) is -0.0703. The van der Waals surface area contributed by atoms with Crippen LogP contribution in [0.5, 0.6) is 0 Å². The van der Waals surface area contributed by atoms with Gasteiger partial charge in [-0.25, -0.2) is 14.3 Å². The molecule has 0 spiro atoms. The van der Waals surface area contributed by atoms with E-state index in [9.17, 15) is 14.4 Å².